The lowest BCUT2D eigenvalue weighted by Gasteiger charge is -2.15. The Morgan fingerprint density at radius 3 is 2.24 bits per heavy atom. The number of likely N-dealkylation sites (N-methyl/N-ethyl adjacent to an activating group) is 1. The summed E-state index contributed by atoms with van der Waals surface area (Å²) in [6, 6.07) is 12.7. The second-order valence-corrected chi connectivity index (χ2v) is 12.8. The molecule has 0 unspecified atom stereocenters. The second kappa shape index (κ2) is 13.3. The van der Waals surface area contributed by atoms with Gasteiger partial charge in [0.05, 0.1) is 22.4 Å². The van der Waals surface area contributed by atoms with Crippen molar-refractivity contribution >= 4 is 62.4 Å². The van der Waals surface area contributed by atoms with Gasteiger partial charge >= 0.3 is 11.9 Å². The fourth-order valence-electron chi connectivity index (χ4n) is 3.61. The number of rotatable bonds is 9. The molecule has 41 heavy (non-hydrogen) atoms. The van der Waals surface area contributed by atoms with Crippen molar-refractivity contribution in [3.8, 4) is 11.1 Å². The highest BCUT2D eigenvalue weighted by atomic mass is 35.5. The Labute approximate surface area is 247 Å². The van der Waals surface area contributed by atoms with Gasteiger partial charge in [0.1, 0.15) is 6.61 Å². The standard InChI is InChI=1S/C28H27Cl2N3O7S/c1-33(2)11-12-40-28(38)21-9-5-16(19-10-7-18(29)15-23(19)30)14-24(21)31-26(35)22-13-17(6-8-20(22)27(36)37)25(34)32-41(3,4)39/h5-10,13-15H,11-12H2,1-4H3,(H,31,35)(H,36,37). The zero-order valence-electron chi connectivity index (χ0n) is 22.6. The number of carboxylic acids is 1. The SMILES string of the molecule is CN(C)CCOC(=O)c1ccc(-c2ccc(Cl)cc2Cl)cc1NC(=O)c1cc(C(=O)N=S(C)(C)=O)ccc1C(=O)O. The maximum atomic E-state index is 13.5. The first-order chi connectivity index (χ1) is 19.2. The minimum absolute atomic E-state index is 0.00162. The van der Waals surface area contributed by atoms with E-state index in [-0.39, 0.29) is 29.0 Å². The number of nitrogens with zero attached hydrogens (tertiary/aromatic N) is 2. The lowest BCUT2D eigenvalue weighted by molar-refractivity contribution is 0.0482. The zero-order chi connectivity index (χ0) is 30.5. The van der Waals surface area contributed by atoms with Gasteiger partial charge in [0.2, 0.25) is 0 Å². The summed E-state index contributed by atoms with van der Waals surface area (Å²) >= 11 is 12.4. The van der Waals surface area contributed by atoms with Crippen LogP contribution in [0.1, 0.15) is 41.4 Å². The molecule has 0 aliphatic carbocycles. The van der Waals surface area contributed by atoms with E-state index in [1.54, 1.807) is 18.2 Å². The number of ether oxygens (including phenoxy) is 1. The molecule has 0 spiro atoms. The van der Waals surface area contributed by atoms with Crippen molar-refractivity contribution < 1.29 is 33.2 Å². The predicted octanol–water partition coefficient (Wildman–Crippen LogP) is 5.20. The van der Waals surface area contributed by atoms with Crippen LogP contribution in [0.2, 0.25) is 10.0 Å². The fraction of sp³-hybridized carbons (Fsp3) is 0.214. The van der Waals surface area contributed by atoms with Crippen molar-refractivity contribution in [1.29, 1.82) is 0 Å². The van der Waals surface area contributed by atoms with Gasteiger partial charge in [-0.1, -0.05) is 35.3 Å². The molecule has 0 aliphatic rings. The molecule has 10 nitrogen and oxygen atoms in total. The Bertz CT molecular complexity index is 1660. The predicted molar refractivity (Wildman–Crippen MR) is 159 cm³/mol. The molecule has 0 bridgehead atoms. The molecule has 0 atom stereocenters. The molecule has 0 saturated carbocycles. The highest BCUT2D eigenvalue weighted by molar-refractivity contribution is 7.92. The number of carbonyl (C=O) groups is 4. The van der Waals surface area contributed by atoms with Gasteiger partial charge in [-0.15, -0.1) is 0 Å². The molecule has 2 N–H and O–H groups in total. The van der Waals surface area contributed by atoms with Gasteiger partial charge in [0.15, 0.2) is 0 Å². The Balaban J connectivity index is 2.09. The van der Waals surface area contributed by atoms with Gasteiger partial charge in [-0.2, -0.15) is 4.36 Å². The van der Waals surface area contributed by atoms with Crippen molar-refractivity contribution in [2.45, 2.75) is 0 Å². The lowest BCUT2D eigenvalue weighted by Crippen LogP contribution is -2.22. The molecule has 3 aromatic rings. The molecule has 13 heteroatoms. The van der Waals surface area contributed by atoms with E-state index < -0.39 is 39.0 Å². The number of benzene rings is 3. The van der Waals surface area contributed by atoms with Gasteiger partial charge in [-0.05, 0) is 62.1 Å². The number of esters is 1. The highest BCUT2D eigenvalue weighted by Crippen LogP contribution is 2.33. The van der Waals surface area contributed by atoms with E-state index in [4.69, 9.17) is 27.9 Å². The van der Waals surface area contributed by atoms with E-state index in [1.165, 1.54) is 36.8 Å². The number of carboxylic acid groups (broad SMARTS) is 1. The zero-order valence-corrected chi connectivity index (χ0v) is 24.9. The van der Waals surface area contributed by atoms with Crippen LogP contribution in [0.15, 0.2) is 59.0 Å². The molecule has 0 heterocycles. The molecule has 2 amide bonds. The molecule has 3 aromatic carbocycles. The van der Waals surface area contributed by atoms with Crippen molar-refractivity contribution in [3.63, 3.8) is 0 Å². The van der Waals surface area contributed by atoms with Gasteiger partial charge in [0.25, 0.3) is 11.8 Å². The molecule has 0 radical (unpaired) electrons. The highest BCUT2D eigenvalue weighted by Gasteiger charge is 2.23. The third-order valence-corrected chi connectivity index (χ3v) is 6.70. The van der Waals surface area contributed by atoms with Crippen molar-refractivity contribution in [3.05, 3.63) is 86.9 Å². The van der Waals surface area contributed by atoms with E-state index in [0.29, 0.717) is 27.7 Å². The van der Waals surface area contributed by atoms with Gasteiger partial charge in [-0.25, -0.2) is 13.8 Å². The minimum atomic E-state index is -2.81. The monoisotopic (exact) mass is 619 g/mol. The fourth-order valence-corrected chi connectivity index (χ4v) is 4.63. The molecule has 0 aliphatic heterocycles. The summed E-state index contributed by atoms with van der Waals surface area (Å²) in [5.41, 5.74) is 0.175. The van der Waals surface area contributed by atoms with E-state index in [9.17, 15) is 28.5 Å². The van der Waals surface area contributed by atoms with Crippen molar-refractivity contribution in [1.82, 2.24) is 4.90 Å². The number of carbonyl (C=O) groups excluding carboxylic acids is 3. The van der Waals surface area contributed by atoms with Gasteiger partial charge in [0, 0.05) is 50.0 Å². The van der Waals surface area contributed by atoms with Gasteiger partial charge in [-0.3, -0.25) is 9.59 Å². The topological polar surface area (TPSA) is 142 Å². The number of anilines is 1. The number of aromatic carboxylic acids is 1. The maximum absolute atomic E-state index is 13.5. The number of halogens is 2. The molecule has 216 valence electrons. The van der Waals surface area contributed by atoms with Gasteiger partial charge < -0.3 is 20.1 Å². The van der Waals surface area contributed by atoms with E-state index in [0.717, 1.165) is 12.1 Å². The van der Waals surface area contributed by atoms with Crippen LogP contribution in [0.25, 0.3) is 11.1 Å². The number of amides is 2. The lowest BCUT2D eigenvalue weighted by atomic mass is 10.0. The Morgan fingerprint density at radius 1 is 0.951 bits per heavy atom. The first-order valence-electron chi connectivity index (χ1n) is 12.0. The van der Waals surface area contributed by atoms with Crippen LogP contribution in [0, 0.1) is 0 Å². The third kappa shape index (κ3) is 8.61. The van der Waals surface area contributed by atoms with Crippen LogP contribution in [-0.4, -0.2) is 77.7 Å². The normalized spacial score (nSPS) is 11.2. The minimum Gasteiger partial charge on any atom is -0.478 e. The molecule has 0 fully saturated rings. The average Bonchev–Trinajstić information content (AvgIpc) is 2.87. The van der Waals surface area contributed by atoms with Crippen LogP contribution in [0.5, 0.6) is 0 Å². The summed E-state index contributed by atoms with van der Waals surface area (Å²) in [4.78, 5) is 52.7. The summed E-state index contributed by atoms with van der Waals surface area (Å²) in [6.07, 6.45) is 2.53. The molecular formula is C28H27Cl2N3O7S. The van der Waals surface area contributed by atoms with Crippen LogP contribution in [0.4, 0.5) is 5.69 Å². The van der Waals surface area contributed by atoms with E-state index in [1.807, 2.05) is 19.0 Å². The second-order valence-electron chi connectivity index (χ2n) is 9.42. The first kappa shape index (κ1) is 31.8. The van der Waals surface area contributed by atoms with Crippen LogP contribution >= 0.6 is 23.2 Å². The largest absolute Gasteiger partial charge is 0.478 e. The van der Waals surface area contributed by atoms with Crippen molar-refractivity contribution in [2.75, 3.05) is 45.1 Å². The average molecular weight is 621 g/mol. The quantitative estimate of drug-likeness (QED) is 0.311. The first-order valence-corrected chi connectivity index (χ1v) is 15.1. The van der Waals surface area contributed by atoms with E-state index >= 15 is 0 Å². The molecule has 3 rings (SSSR count). The maximum Gasteiger partial charge on any atom is 0.340 e. The summed E-state index contributed by atoms with van der Waals surface area (Å²) < 4.78 is 20.9. The van der Waals surface area contributed by atoms with E-state index in [2.05, 4.69) is 9.68 Å². The molecular weight excluding hydrogens is 593 g/mol. The molecule has 0 saturated heterocycles. The third-order valence-electron chi connectivity index (χ3n) is 5.55. The summed E-state index contributed by atoms with van der Waals surface area (Å²) in [7, 11) is 0.820. The number of hydrogen-bond acceptors (Lipinski definition) is 7. The number of nitrogens with one attached hydrogen (secondary N) is 1. The Morgan fingerprint density at radius 2 is 1.63 bits per heavy atom. The van der Waals surface area contributed by atoms with Crippen molar-refractivity contribution in [2.24, 2.45) is 4.36 Å². The Kier molecular flexibility index (Phi) is 10.3. The van der Waals surface area contributed by atoms with Crippen LogP contribution in [0.3, 0.4) is 0 Å². The van der Waals surface area contributed by atoms with Crippen LogP contribution < -0.4 is 5.32 Å². The summed E-state index contributed by atoms with van der Waals surface area (Å²) in [5, 5.41) is 13.0. The molecule has 0 aromatic heterocycles. The van der Waals surface area contributed by atoms with Crippen LogP contribution in [-0.2, 0) is 14.5 Å². The summed E-state index contributed by atoms with van der Waals surface area (Å²) in [6.45, 7) is 0.542. The Hall–Kier alpha value is -3.77. The summed E-state index contributed by atoms with van der Waals surface area (Å²) in [5.74, 6) is -3.95. The smallest absolute Gasteiger partial charge is 0.340 e. The number of hydrogen-bond donors (Lipinski definition) is 2.